The van der Waals surface area contributed by atoms with Crippen molar-refractivity contribution in [3.05, 3.63) is 0 Å². The SMILES string of the molecule is CCOC(=S)N[C@@H](CC(N)=O)C(=O)O. The summed E-state index contributed by atoms with van der Waals surface area (Å²) in [6.45, 7) is 2.03. The van der Waals surface area contributed by atoms with Gasteiger partial charge < -0.3 is 20.9 Å². The highest BCUT2D eigenvalue weighted by Crippen LogP contribution is 1.93. The van der Waals surface area contributed by atoms with Gasteiger partial charge in [0.1, 0.15) is 6.04 Å². The number of hydrogen-bond acceptors (Lipinski definition) is 4. The van der Waals surface area contributed by atoms with Crippen molar-refractivity contribution < 1.29 is 19.4 Å². The van der Waals surface area contributed by atoms with Gasteiger partial charge in [-0.25, -0.2) is 4.79 Å². The monoisotopic (exact) mass is 220 g/mol. The first-order valence-corrected chi connectivity index (χ1v) is 4.32. The van der Waals surface area contributed by atoms with E-state index in [0.29, 0.717) is 6.61 Å². The molecule has 0 bridgehead atoms. The Morgan fingerprint density at radius 3 is 2.57 bits per heavy atom. The molecule has 0 spiro atoms. The van der Waals surface area contributed by atoms with Crippen molar-refractivity contribution in [1.82, 2.24) is 5.32 Å². The maximum absolute atomic E-state index is 10.6. The molecule has 80 valence electrons. The summed E-state index contributed by atoms with van der Waals surface area (Å²) >= 11 is 4.65. The van der Waals surface area contributed by atoms with Crippen LogP contribution in [0.5, 0.6) is 0 Å². The van der Waals surface area contributed by atoms with Gasteiger partial charge in [0, 0.05) is 0 Å². The van der Waals surface area contributed by atoms with E-state index in [4.69, 9.17) is 15.6 Å². The van der Waals surface area contributed by atoms with E-state index in [-0.39, 0.29) is 11.6 Å². The lowest BCUT2D eigenvalue weighted by molar-refractivity contribution is -0.140. The summed E-state index contributed by atoms with van der Waals surface area (Å²) < 4.78 is 4.81. The highest BCUT2D eigenvalue weighted by molar-refractivity contribution is 7.80. The first-order chi connectivity index (χ1) is 6.47. The molecule has 0 saturated carbocycles. The molecule has 0 aliphatic carbocycles. The average Bonchev–Trinajstić information content (AvgIpc) is 2.02. The number of carbonyl (C=O) groups is 2. The van der Waals surface area contributed by atoms with Crippen molar-refractivity contribution in [1.29, 1.82) is 0 Å². The molecule has 1 atom stereocenters. The van der Waals surface area contributed by atoms with E-state index in [0.717, 1.165) is 0 Å². The second-order valence-electron chi connectivity index (χ2n) is 2.43. The Kier molecular flexibility index (Phi) is 5.54. The molecular weight excluding hydrogens is 208 g/mol. The Morgan fingerprint density at radius 1 is 1.64 bits per heavy atom. The van der Waals surface area contributed by atoms with Crippen molar-refractivity contribution in [2.45, 2.75) is 19.4 Å². The fourth-order valence-corrected chi connectivity index (χ4v) is 0.976. The predicted molar refractivity (Wildman–Crippen MR) is 52.6 cm³/mol. The largest absolute Gasteiger partial charge is 0.480 e. The van der Waals surface area contributed by atoms with Crippen LogP contribution in [0.3, 0.4) is 0 Å². The van der Waals surface area contributed by atoms with Crippen LogP contribution >= 0.6 is 12.2 Å². The number of nitrogens with two attached hydrogens (primary N) is 1. The molecule has 1 amide bonds. The van der Waals surface area contributed by atoms with Gasteiger partial charge in [0.15, 0.2) is 0 Å². The minimum absolute atomic E-state index is 0.0545. The van der Waals surface area contributed by atoms with Crippen LogP contribution in [0.25, 0.3) is 0 Å². The average molecular weight is 220 g/mol. The van der Waals surface area contributed by atoms with E-state index in [1.54, 1.807) is 6.92 Å². The summed E-state index contributed by atoms with van der Waals surface area (Å²) in [6, 6.07) is -1.13. The normalized spacial score (nSPS) is 11.5. The molecule has 6 nitrogen and oxygen atoms in total. The number of primary amides is 1. The van der Waals surface area contributed by atoms with Gasteiger partial charge in [-0.3, -0.25) is 4.79 Å². The summed E-state index contributed by atoms with van der Waals surface area (Å²) in [7, 11) is 0. The van der Waals surface area contributed by atoms with E-state index < -0.39 is 17.9 Å². The maximum atomic E-state index is 10.6. The van der Waals surface area contributed by atoms with Crippen LogP contribution in [-0.4, -0.2) is 34.8 Å². The summed E-state index contributed by atoms with van der Waals surface area (Å²) in [4.78, 5) is 21.1. The molecule has 0 fully saturated rings. The van der Waals surface area contributed by atoms with Crippen molar-refractivity contribution in [3.63, 3.8) is 0 Å². The molecule has 0 unspecified atom stereocenters. The first-order valence-electron chi connectivity index (χ1n) is 3.91. The zero-order valence-electron chi connectivity index (χ0n) is 7.65. The van der Waals surface area contributed by atoms with Crippen LogP contribution in [0, 0.1) is 0 Å². The third-order valence-corrected chi connectivity index (χ3v) is 1.51. The molecule has 0 heterocycles. The summed E-state index contributed by atoms with van der Waals surface area (Å²) in [5.74, 6) is -1.92. The Hall–Kier alpha value is -1.37. The van der Waals surface area contributed by atoms with Crippen molar-refractivity contribution in [2.24, 2.45) is 5.73 Å². The highest BCUT2D eigenvalue weighted by Gasteiger charge is 2.20. The Balaban J connectivity index is 4.16. The summed E-state index contributed by atoms with van der Waals surface area (Å²) in [6.07, 6.45) is -0.331. The van der Waals surface area contributed by atoms with Gasteiger partial charge in [-0.15, -0.1) is 0 Å². The van der Waals surface area contributed by atoms with E-state index in [1.165, 1.54) is 0 Å². The lowest BCUT2D eigenvalue weighted by Gasteiger charge is -2.14. The van der Waals surface area contributed by atoms with Crippen LogP contribution in [-0.2, 0) is 14.3 Å². The summed E-state index contributed by atoms with van der Waals surface area (Å²) in [5.41, 5.74) is 4.85. The number of ether oxygens (including phenoxy) is 1. The zero-order chi connectivity index (χ0) is 11.1. The fraction of sp³-hybridized carbons (Fsp3) is 0.571. The zero-order valence-corrected chi connectivity index (χ0v) is 8.47. The number of aliphatic carboxylic acids is 1. The molecule has 14 heavy (non-hydrogen) atoms. The van der Waals surface area contributed by atoms with Crippen molar-refractivity contribution in [2.75, 3.05) is 6.61 Å². The number of amides is 1. The van der Waals surface area contributed by atoms with Gasteiger partial charge in [-0.05, 0) is 19.1 Å². The van der Waals surface area contributed by atoms with Crippen LogP contribution in [0.1, 0.15) is 13.3 Å². The van der Waals surface area contributed by atoms with Crippen LogP contribution in [0.2, 0.25) is 0 Å². The van der Waals surface area contributed by atoms with Crippen LogP contribution in [0.4, 0.5) is 0 Å². The Bertz CT molecular complexity index is 244. The number of carbonyl (C=O) groups excluding carboxylic acids is 1. The van der Waals surface area contributed by atoms with E-state index in [9.17, 15) is 9.59 Å². The first kappa shape index (κ1) is 12.6. The van der Waals surface area contributed by atoms with Gasteiger partial charge in [-0.1, -0.05) is 0 Å². The van der Waals surface area contributed by atoms with Gasteiger partial charge in [0.2, 0.25) is 5.91 Å². The molecule has 0 rings (SSSR count). The molecule has 0 aromatic heterocycles. The van der Waals surface area contributed by atoms with E-state index >= 15 is 0 Å². The number of thiocarbonyl (C=S) groups is 1. The maximum Gasteiger partial charge on any atom is 0.326 e. The van der Waals surface area contributed by atoms with Crippen molar-refractivity contribution >= 4 is 29.3 Å². The summed E-state index contributed by atoms with van der Waals surface area (Å²) in [5, 5.41) is 11.0. The van der Waals surface area contributed by atoms with Gasteiger partial charge in [-0.2, -0.15) is 0 Å². The fourth-order valence-electron chi connectivity index (χ4n) is 0.716. The molecule has 0 aromatic rings. The molecule has 4 N–H and O–H groups in total. The van der Waals surface area contributed by atoms with Crippen LogP contribution < -0.4 is 11.1 Å². The third kappa shape index (κ3) is 5.31. The molecular formula is C7H12N2O4S. The molecule has 0 radical (unpaired) electrons. The molecule has 0 aliphatic heterocycles. The topological polar surface area (TPSA) is 102 Å². The quantitative estimate of drug-likeness (QED) is 0.526. The van der Waals surface area contributed by atoms with Crippen LogP contribution in [0.15, 0.2) is 0 Å². The second-order valence-corrected chi connectivity index (χ2v) is 2.80. The minimum Gasteiger partial charge on any atom is -0.480 e. The second kappa shape index (κ2) is 6.14. The van der Waals surface area contributed by atoms with Gasteiger partial charge in [0.25, 0.3) is 5.17 Å². The van der Waals surface area contributed by atoms with E-state index in [2.05, 4.69) is 17.5 Å². The molecule has 0 aliphatic rings. The predicted octanol–water partition coefficient (Wildman–Crippen LogP) is -0.774. The van der Waals surface area contributed by atoms with E-state index in [1.807, 2.05) is 0 Å². The van der Waals surface area contributed by atoms with Gasteiger partial charge >= 0.3 is 5.97 Å². The highest BCUT2D eigenvalue weighted by atomic mass is 32.1. The number of rotatable bonds is 5. The number of carboxylic acid groups (broad SMARTS) is 1. The lowest BCUT2D eigenvalue weighted by atomic mass is 10.2. The minimum atomic E-state index is -1.20. The molecule has 0 aromatic carbocycles. The Labute approximate surface area is 86.4 Å². The van der Waals surface area contributed by atoms with Gasteiger partial charge in [0.05, 0.1) is 13.0 Å². The van der Waals surface area contributed by atoms with Crippen molar-refractivity contribution in [3.8, 4) is 0 Å². The standard InChI is InChI=1S/C7H12N2O4S/c1-2-13-7(14)9-4(6(11)12)3-5(8)10/h4H,2-3H2,1H3,(H2,8,10)(H,9,14)(H,11,12)/t4-/m0/s1. The third-order valence-electron chi connectivity index (χ3n) is 1.27. The smallest absolute Gasteiger partial charge is 0.326 e. The number of hydrogen-bond donors (Lipinski definition) is 3. The Morgan fingerprint density at radius 2 is 2.21 bits per heavy atom. The number of nitrogens with one attached hydrogen (secondary N) is 1. The molecule has 0 saturated heterocycles. The number of carboxylic acids is 1. The lowest BCUT2D eigenvalue weighted by Crippen LogP contribution is -2.43. The molecule has 7 heteroatoms.